The normalized spacial score (nSPS) is 13.2. The Morgan fingerprint density at radius 2 is 1.10 bits per heavy atom. The molecule has 0 spiro atoms. The van der Waals surface area contributed by atoms with Crippen molar-refractivity contribution in [1.82, 2.24) is 36.8 Å². The van der Waals surface area contributed by atoms with Crippen molar-refractivity contribution in [1.29, 1.82) is 0 Å². The molecule has 0 saturated carbocycles. The molecule has 18 N–H and O–H groups in total. The van der Waals surface area contributed by atoms with Gasteiger partial charge in [0.05, 0.1) is 12.6 Å². The molecule has 7 amide bonds. The topological polar surface area (TPSA) is 407 Å². The molecule has 2 rings (SSSR count). The fourth-order valence-corrected chi connectivity index (χ4v) is 6.35. The third-order valence-corrected chi connectivity index (χ3v) is 9.76. The number of nitrogens with two attached hydrogens (primary N) is 5. The number of aliphatic imine (C=N–C) groups is 2. The molecule has 0 aliphatic carbocycles. The number of rotatable bonds is 27. The van der Waals surface area contributed by atoms with E-state index < -0.39 is 90.1 Å². The molecular weight excluding hydrogens is 897 g/mol. The number of nitrogens with one attached hydrogen (secondary N) is 6. The summed E-state index contributed by atoms with van der Waals surface area (Å²) < 4.78 is 0. The van der Waals surface area contributed by atoms with E-state index in [0.29, 0.717) is 17.5 Å². The molecule has 24 nitrogen and oxygen atoms in total. The van der Waals surface area contributed by atoms with Gasteiger partial charge in [-0.1, -0.05) is 56.3 Å². The lowest BCUT2D eigenvalue weighted by molar-refractivity contribution is -0.136. The Kier molecular flexibility index (Phi) is 27.1. The molecule has 0 unspecified atom stereocenters. The minimum absolute atomic E-state index is 0.00799. The number of aliphatic carboxylic acids is 1. The molecule has 0 heterocycles. The van der Waals surface area contributed by atoms with Crippen molar-refractivity contribution < 1.29 is 48.6 Å². The number of hydrogen-bond acceptors (Lipinski definition) is 12. The number of aromatic hydroxyl groups is 1. The van der Waals surface area contributed by atoms with Gasteiger partial charge in [-0.3, -0.25) is 48.3 Å². The highest BCUT2D eigenvalue weighted by molar-refractivity contribution is 5.96. The van der Waals surface area contributed by atoms with E-state index in [1.807, 2.05) is 13.8 Å². The molecule has 0 fully saturated rings. The van der Waals surface area contributed by atoms with Crippen molar-refractivity contribution in [2.45, 2.75) is 109 Å². The minimum atomic E-state index is -1.23. The molecule has 2 aromatic carbocycles. The smallest absolute Gasteiger partial charge is 0.300 e. The summed E-state index contributed by atoms with van der Waals surface area (Å²) in [6.07, 6.45) is 1.15. The average Bonchev–Trinajstić information content (AvgIpc) is 3.27. The molecular formula is C45H72N14O10. The lowest BCUT2D eigenvalue weighted by Gasteiger charge is -2.28. The van der Waals surface area contributed by atoms with Crippen LogP contribution in [0, 0.1) is 5.92 Å². The van der Waals surface area contributed by atoms with Gasteiger partial charge in [0.1, 0.15) is 36.0 Å². The molecule has 0 aromatic heterocycles. The Bertz CT molecular complexity index is 2040. The van der Waals surface area contributed by atoms with E-state index in [9.17, 15) is 38.7 Å². The van der Waals surface area contributed by atoms with Crippen molar-refractivity contribution in [3.05, 3.63) is 65.7 Å². The number of phenols is 1. The summed E-state index contributed by atoms with van der Waals surface area (Å²) >= 11 is 0. The Morgan fingerprint density at radius 1 is 0.623 bits per heavy atom. The first-order chi connectivity index (χ1) is 32.4. The highest BCUT2D eigenvalue weighted by atomic mass is 16.4. The number of amides is 7. The quantitative estimate of drug-likeness (QED) is 0.0248. The van der Waals surface area contributed by atoms with Gasteiger partial charge in [0.15, 0.2) is 11.9 Å². The van der Waals surface area contributed by atoms with Crippen LogP contribution in [0.15, 0.2) is 64.6 Å². The Morgan fingerprint density at radius 3 is 1.62 bits per heavy atom. The summed E-state index contributed by atoms with van der Waals surface area (Å²) in [4.78, 5) is 112. The Labute approximate surface area is 402 Å². The SMILES string of the molecule is CC(=O)O.CC(C)C[C@H](NC(=O)[C@H](Cc1ccccc1)NC(=O)CNC(=O)[C@@H](C)NC(=O)[C@@H](N)Cc1ccc(O)cc1)C(=O)N[C@@H](CCCN=C(N)N)C(=O)N[C@@H](CCCN=C(N)N)C(=O)N(C)C. The number of hydrogen-bond donors (Lipinski definition) is 13. The predicted molar refractivity (Wildman–Crippen MR) is 260 cm³/mol. The summed E-state index contributed by atoms with van der Waals surface area (Å²) in [6, 6.07) is 8.31. The maximum atomic E-state index is 14.1. The zero-order valence-corrected chi connectivity index (χ0v) is 40.2. The first-order valence-corrected chi connectivity index (χ1v) is 22.3. The highest BCUT2D eigenvalue weighted by Gasteiger charge is 2.32. The highest BCUT2D eigenvalue weighted by Crippen LogP contribution is 2.12. The van der Waals surface area contributed by atoms with Gasteiger partial charge in [0.25, 0.3) is 5.97 Å². The zero-order chi connectivity index (χ0) is 52.2. The van der Waals surface area contributed by atoms with Crippen LogP contribution in [0.3, 0.4) is 0 Å². The van der Waals surface area contributed by atoms with Crippen molar-refractivity contribution >= 4 is 59.2 Å². The van der Waals surface area contributed by atoms with Crippen LogP contribution in [0.2, 0.25) is 0 Å². The molecule has 24 heteroatoms. The molecule has 0 aliphatic heterocycles. The molecule has 69 heavy (non-hydrogen) atoms. The van der Waals surface area contributed by atoms with Gasteiger partial charge in [-0.2, -0.15) is 0 Å². The fraction of sp³-hybridized carbons (Fsp3) is 0.511. The number of carbonyl (C=O) groups is 8. The van der Waals surface area contributed by atoms with Crippen LogP contribution >= 0.6 is 0 Å². The molecule has 0 aliphatic rings. The van der Waals surface area contributed by atoms with Gasteiger partial charge in [0.2, 0.25) is 41.4 Å². The van der Waals surface area contributed by atoms with Crippen LogP contribution in [-0.4, -0.2) is 144 Å². The standard InChI is InChI=1S/C43H68N14O8.C2H4O2/c1-25(2)21-33(39(63)54-31(13-9-19-49-42(45)46)38(62)55-32(41(65)57(4)5)14-10-20-50-43(47)48)56-40(64)34(23-27-11-7-6-8-12-27)53-35(59)24-51-36(60)26(3)52-37(61)30(44)22-28-15-17-29(58)18-16-28;1-2(3)4/h6-8,11-12,15-18,25-26,30-34,58H,9-10,13-14,19-24,44H2,1-5H3,(H,51,60)(H,52,61)(H,53,59)(H,54,63)(H,55,62)(H,56,64)(H4,45,46,49)(H4,47,48,50);1H3,(H,3,4)/t26-,30+,31+,32+,33+,34+;/m1./s1. The number of benzene rings is 2. The minimum Gasteiger partial charge on any atom is -0.508 e. The monoisotopic (exact) mass is 969 g/mol. The third kappa shape index (κ3) is 25.8. The molecule has 382 valence electrons. The average molecular weight is 969 g/mol. The van der Waals surface area contributed by atoms with E-state index in [4.69, 9.17) is 38.6 Å². The maximum Gasteiger partial charge on any atom is 0.300 e. The number of phenolic OH excluding ortho intramolecular Hbond substituents is 1. The van der Waals surface area contributed by atoms with E-state index in [2.05, 4.69) is 41.9 Å². The van der Waals surface area contributed by atoms with Crippen LogP contribution in [-0.2, 0) is 51.2 Å². The lowest BCUT2D eigenvalue weighted by Crippen LogP contribution is -2.59. The second kappa shape index (κ2) is 31.5. The number of guanidine groups is 2. The lowest BCUT2D eigenvalue weighted by atomic mass is 10.00. The number of carboxylic acids is 1. The fourth-order valence-electron chi connectivity index (χ4n) is 6.35. The van der Waals surface area contributed by atoms with Crippen LogP contribution in [0.25, 0.3) is 0 Å². The predicted octanol–water partition coefficient (Wildman–Crippen LogP) is -2.60. The molecule has 0 saturated heterocycles. The Balaban J connectivity index is 0.00000571. The summed E-state index contributed by atoms with van der Waals surface area (Å²) in [5.74, 6) is -5.69. The second-order valence-corrected chi connectivity index (χ2v) is 16.7. The number of likely N-dealkylation sites (N-methyl/N-ethyl adjacent to an activating group) is 1. The maximum absolute atomic E-state index is 14.1. The van der Waals surface area contributed by atoms with E-state index in [-0.39, 0.29) is 75.2 Å². The number of nitrogens with zero attached hydrogens (tertiary/aromatic N) is 3. The largest absolute Gasteiger partial charge is 0.508 e. The molecule has 0 bridgehead atoms. The molecule has 2 aromatic rings. The van der Waals surface area contributed by atoms with Gasteiger partial charge in [-0.25, -0.2) is 0 Å². The summed E-state index contributed by atoms with van der Waals surface area (Å²) in [6.45, 7) is 5.97. The summed E-state index contributed by atoms with van der Waals surface area (Å²) in [7, 11) is 3.08. The summed E-state index contributed by atoms with van der Waals surface area (Å²) in [5.41, 5.74) is 29.2. The van der Waals surface area contributed by atoms with Gasteiger partial charge in [-0.15, -0.1) is 0 Å². The van der Waals surface area contributed by atoms with Gasteiger partial charge >= 0.3 is 0 Å². The zero-order valence-electron chi connectivity index (χ0n) is 40.2. The van der Waals surface area contributed by atoms with E-state index in [1.165, 1.54) is 38.1 Å². The second-order valence-electron chi connectivity index (χ2n) is 16.7. The van der Waals surface area contributed by atoms with Crippen LogP contribution in [0.1, 0.15) is 70.9 Å². The first-order valence-electron chi connectivity index (χ1n) is 22.3. The van der Waals surface area contributed by atoms with Gasteiger partial charge in [-0.05, 0) is 74.6 Å². The van der Waals surface area contributed by atoms with Gasteiger partial charge < -0.3 is 75.7 Å². The number of carboxylic acid groups (broad SMARTS) is 1. The molecule has 0 radical (unpaired) electrons. The van der Waals surface area contributed by atoms with Crippen LogP contribution < -0.4 is 60.6 Å². The molecule has 6 atom stereocenters. The van der Waals surface area contributed by atoms with Crippen LogP contribution in [0.4, 0.5) is 0 Å². The first kappa shape index (κ1) is 59.5. The van der Waals surface area contributed by atoms with Crippen molar-refractivity contribution in [3.8, 4) is 5.75 Å². The van der Waals surface area contributed by atoms with Crippen molar-refractivity contribution in [3.63, 3.8) is 0 Å². The summed E-state index contributed by atoms with van der Waals surface area (Å²) in [5, 5.41) is 32.8. The van der Waals surface area contributed by atoms with Gasteiger partial charge in [0, 0.05) is 40.5 Å². The van der Waals surface area contributed by atoms with E-state index in [0.717, 1.165) is 6.92 Å². The third-order valence-electron chi connectivity index (χ3n) is 9.76. The Hall–Kier alpha value is -7.50. The van der Waals surface area contributed by atoms with E-state index >= 15 is 0 Å². The van der Waals surface area contributed by atoms with E-state index in [1.54, 1.807) is 42.5 Å². The van der Waals surface area contributed by atoms with Crippen LogP contribution in [0.5, 0.6) is 5.75 Å². The number of carbonyl (C=O) groups excluding carboxylic acids is 7. The van der Waals surface area contributed by atoms with Crippen molar-refractivity contribution in [2.75, 3.05) is 33.7 Å². The van der Waals surface area contributed by atoms with Crippen molar-refractivity contribution in [2.24, 2.45) is 44.6 Å².